The normalized spacial score (nSPS) is 12.4. The number of benzene rings is 1. The smallest absolute Gasteiger partial charge is 0.124 e. The Balaban J connectivity index is 2.28. The highest BCUT2D eigenvalue weighted by Gasteiger charge is 2.17. The third-order valence-corrected chi connectivity index (χ3v) is 4.42. The minimum Gasteiger partial charge on any atom is -0.496 e. The zero-order valence-electron chi connectivity index (χ0n) is 11.9. The van der Waals surface area contributed by atoms with Gasteiger partial charge in [-0.15, -0.1) is 11.3 Å². The summed E-state index contributed by atoms with van der Waals surface area (Å²) in [5, 5.41) is 6.76. The Bertz CT molecular complexity index is 571. The van der Waals surface area contributed by atoms with Crippen molar-refractivity contribution in [1.29, 1.82) is 0 Å². The van der Waals surface area contributed by atoms with Gasteiger partial charge in [-0.2, -0.15) is 0 Å². The number of aryl methyl sites for hydroxylation is 1. The van der Waals surface area contributed by atoms with Gasteiger partial charge in [0.2, 0.25) is 0 Å². The summed E-state index contributed by atoms with van der Waals surface area (Å²) in [4.78, 5) is 4.56. The van der Waals surface area contributed by atoms with E-state index < -0.39 is 0 Å². The van der Waals surface area contributed by atoms with Gasteiger partial charge in [0.25, 0.3) is 0 Å². The number of likely N-dealkylation sites (N-methyl/N-ethyl adjacent to an activating group) is 1. The molecule has 0 spiro atoms. The number of thiazole rings is 1. The van der Waals surface area contributed by atoms with E-state index in [1.807, 2.05) is 13.0 Å². The van der Waals surface area contributed by atoms with Gasteiger partial charge in [-0.05, 0) is 25.6 Å². The van der Waals surface area contributed by atoms with Crippen molar-refractivity contribution in [3.63, 3.8) is 0 Å². The fourth-order valence-corrected chi connectivity index (χ4v) is 3.19. The lowest BCUT2D eigenvalue weighted by Gasteiger charge is -2.20. The second kappa shape index (κ2) is 7.20. The number of ether oxygens (including phenoxy) is 1. The number of methoxy groups -OCH3 is 1. The van der Waals surface area contributed by atoms with Crippen molar-refractivity contribution >= 4 is 27.3 Å². The van der Waals surface area contributed by atoms with Crippen molar-refractivity contribution < 1.29 is 4.74 Å². The molecule has 20 heavy (non-hydrogen) atoms. The van der Waals surface area contributed by atoms with Crippen LogP contribution < -0.4 is 10.1 Å². The molecule has 5 heteroatoms. The molecule has 0 aliphatic rings. The van der Waals surface area contributed by atoms with Crippen molar-refractivity contribution in [3.8, 4) is 5.75 Å². The van der Waals surface area contributed by atoms with E-state index in [4.69, 9.17) is 4.74 Å². The van der Waals surface area contributed by atoms with E-state index in [2.05, 4.69) is 50.7 Å². The topological polar surface area (TPSA) is 34.2 Å². The first-order chi connectivity index (χ1) is 9.63. The van der Waals surface area contributed by atoms with E-state index in [-0.39, 0.29) is 6.04 Å². The first kappa shape index (κ1) is 15.5. The van der Waals surface area contributed by atoms with Crippen LogP contribution in [0.25, 0.3) is 0 Å². The van der Waals surface area contributed by atoms with E-state index in [0.717, 1.165) is 33.9 Å². The van der Waals surface area contributed by atoms with Crippen LogP contribution in [0.2, 0.25) is 0 Å². The summed E-state index contributed by atoms with van der Waals surface area (Å²) in [6, 6.07) is 6.38. The standard InChI is InChI=1S/C15H19BrN2OS/c1-4-17-14(8-12-9-20-10(2)18-12)13-6-5-11(16)7-15(13)19-3/h5-7,9,14,17H,4,8H2,1-3H3. The first-order valence-corrected chi connectivity index (χ1v) is 8.29. The van der Waals surface area contributed by atoms with Gasteiger partial charge >= 0.3 is 0 Å². The van der Waals surface area contributed by atoms with Crippen molar-refractivity contribution in [3.05, 3.63) is 44.3 Å². The van der Waals surface area contributed by atoms with Crippen molar-refractivity contribution in [2.75, 3.05) is 13.7 Å². The van der Waals surface area contributed by atoms with E-state index in [1.54, 1.807) is 18.4 Å². The molecule has 1 aromatic heterocycles. The van der Waals surface area contributed by atoms with Gasteiger partial charge in [0.05, 0.1) is 17.8 Å². The molecule has 1 N–H and O–H groups in total. The Labute approximate surface area is 132 Å². The maximum Gasteiger partial charge on any atom is 0.124 e. The summed E-state index contributed by atoms with van der Waals surface area (Å²) < 4.78 is 6.53. The van der Waals surface area contributed by atoms with Gasteiger partial charge in [-0.3, -0.25) is 0 Å². The van der Waals surface area contributed by atoms with E-state index >= 15 is 0 Å². The largest absolute Gasteiger partial charge is 0.496 e. The van der Waals surface area contributed by atoms with Crippen LogP contribution in [0.5, 0.6) is 5.75 Å². The van der Waals surface area contributed by atoms with Crippen LogP contribution in [0.15, 0.2) is 28.1 Å². The van der Waals surface area contributed by atoms with E-state index in [0.29, 0.717) is 0 Å². The third-order valence-electron chi connectivity index (χ3n) is 3.10. The number of halogens is 1. The summed E-state index contributed by atoms with van der Waals surface area (Å²) in [6.07, 6.45) is 0.871. The van der Waals surface area contributed by atoms with Crippen molar-refractivity contribution in [2.45, 2.75) is 26.3 Å². The molecule has 108 valence electrons. The van der Waals surface area contributed by atoms with Crippen LogP contribution in [0.4, 0.5) is 0 Å². The molecule has 0 aliphatic carbocycles. The Morgan fingerprint density at radius 1 is 1.45 bits per heavy atom. The number of nitrogens with one attached hydrogen (secondary N) is 1. The van der Waals surface area contributed by atoms with E-state index in [1.165, 1.54) is 5.56 Å². The van der Waals surface area contributed by atoms with Gasteiger partial charge in [0.15, 0.2) is 0 Å². The summed E-state index contributed by atoms with van der Waals surface area (Å²) in [5.41, 5.74) is 2.30. The monoisotopic (exact) mass is 354 g/mol. The average Bonchev–Trinajstić information content (AvgIpc) is 2.83. The fourth-order valence-electron chi connectivity index (χ4n) is 2.22. The van der Waals surface area contributed by atoms with Crippen molar-refractivity contribution in [1.82, 2.24) is 10.3 Å². The van der Waals surface area contributed by atoms with Gasteiger partial charge < -0.3 is 10.1 Å². The SMILES string of the molecule is CCNC(Cc1csc(C)n1)c1ccc(Br)cc1OC. The minimum absolute atomic E-state index is 0.213. The molecule has 2 rings (SSSR count). The van der Waals surface area contributed by atoms with Crippen LogP contribution in [0, 0.1) is 6.92 Å². The molecule has 0 saturated carbocycles. The Hall–Kier alpha value is -0.910. The molecule has 0 amide bonds. The Morgan fingerprint density at radius 2 is 2.25 bits per heavy atom. The number of aromatic nitrogens is 1. The summed E-state index contributed by atoms with van der Waals surface area (Å²) in [7, 11) is 1.71. The molecule has 0 aliphatic heterocycles. The maximum atomic E-state index is 5.51. The van der Waals surface area contributed by atoms with Crippen LogP contribution in [0.1, 0.15) is 29.2 Å². The fraction of sp³-hybridized carbons (Fsp3) is 0.400. The Morgan fingerprint density at radius 3 is 2.85 bits per heavy atom. The molecule has 0 radical (unpaired) electrons. The molecule has 2 aromatic rings. The zero-order valence-corrected chi connectivity index (χ0v) is 14.3. The zero-order chi connectivity index (χ0) is 14.5. The lowest BCUT2D eigenvalue weighted by atomic mass is 10.0. The second-order valence-electron chi connectivity index (χ2n) is 4.56. The number of hydrogen-bond donors (Lipinski definition) is 1. The summed E-state index contributed by atoms with van der Waals surface area (Å²) in [5.74, 6) is 0.900. The predicted octanol–water partition coefficient (Wildman–Crippen LogP) is 4.12. The molecule has 1 atom stereocenters. The quantitative estimate of drug-likeness (QED) is 0.847. The van der Waals surface area contributed by atoms with E-state index in [9.17, 15) is 0 Å². The lowest BCUT2D eigenvalue weighted by Crippen LogP contribution is -2.23. The van der Waals surface area contributed by atoms with Gasteiger partial charge in [0.1, 0.15) is 5.75 Å². The average molecular weight is 355 g/mol. The highest BCUT2D eigenvalue weighted by Crippen LogP contribution is 2.30. The highest BCUT2D eigenvalue weighted by molar-refractivity contribution is 9.10. The minimum atomic E-state index is 0.213. The van der Waals surface area contributed by atoms with Crippen LogP contribution in [-0.4, -0.2) is 18.6 Å². The summed E-state index contributed by atoms with van der Waals surface area (Å²) in [6.45, 7) is 5.06. The van der Waals surface area contributed by atoms with Gasteiger partial charge in [-0.25, -0.2) is 4.98 Å². The van der Waals surface area contributed by atoms with Crippen LogP contribution in [0.3, 0.4) is 0 Å². The number of rotatable bonds is 6. The molecular weight excluding hydrogens is 336 g/mol. The van der Waals surface area contributed by atoms with Crippen LogP contribution in [-0.2, 0) is 6.42 Å². The molecular formula is C15H19BrN2OS. The summed E-state index contributed by atoms with van der Waals surface area (Å²) >= 11 is 5.18. The number of nitrogens with zero attached hydrogens (tertiary/aromatic N) is 1. The molecule has 3 nitrogen and oxygen atoms in total. The second-order valence-corrected chi connectivity index (χ2v) is 6.54. The predicted molar refractivity (Wildman–Crippen MR) is 87.7 cm³/mol. The molecule has 0 bridgehead atoms. The maximum absolute atomic E-state index is 5.51. The first-order valence-electron chi connectivity index (χ1n) is 6.61. The third kappa shape index (κ3) is 3.81. The van der Waals surface area contributed by atoms with Crippen molar-refractivity contribution in [2.24, 2.45) is 0 Å². The molecule has 0 saturated heterocycles. The van der Waals surface area contributed by atoms with Gasteiger partial charge in [0, 0.05) is 27.9 Å². The molecule has 1 aromatic carbocycles. The lowest BCUT2D eigenvalue weighted by molar-refractivity contribution is 0.398. The molecule has 0 fully saturated rings. The Kier molecular flexibility index (Phi) is 5.57. The van der Waals surface area contributed by atoms with Crippen LogP contribution >= 0.6 is 27.3 Å². The van der Waals surface area contributed by atoms with Gasteiger partial charge in [-0.1, -0.05) is 28.9 Å². The molecule has 1 heterocycles. The number of hydrogen-bond acceptors (Lipinski definition) is 4. The molecule has 1 unspecified atom stereocenters. The highest BCUT2D eigenvalue weighted by atomic mass is 79.9.